The molecule has 1 aromatic heterocycles. The molecule has 1 heterocycles. The van der Waals surface area contributed by atoms with Crippen molar-refractivity contribution < 1.29 is 9.53 Å². The number of nitriles is 1. The molecule has 0 radical (unpaired) electrons. The SMILES string of the molecule is Cc1cc(/C=C(\C#N)C(=O)OC(C)C)c(C)n1-c1cc(Cl)ccc1Cl. The van der Waals surface area contributed by atoms with Crippen LogP contribution in [0.5, 0.6) is 0 Å². The zero-order valence-corrected chi connectivity index (χ0v) is 15.9. The number of aromatic nitrogens is 1. The van der Waals surface area contributed by atoms with Gasteiger partial charge in [-0.1, -0.05) is 23.2 Å². The van der Waals surface area contributed by atoms with Gasteiger partial charge in [-0.15, -0.1) is 0 Å². The van der Waals surface area contributed by atoms with Crippen LogP contribution < -0.4 is 0 Å². The van der Waals surface area contributed by atoms with Gasteiger partial charge in [-0.05, 0) is 63.6 Å². The van der Waals surface area contributed by atoms with Crippen LogP contribution in [0.3, 0.4) is 0 Å². The normalized spacial score (nSPS) is 11.5. The van der Waals surface area contributed by atoms with Crippen molar-refractivity contribution >= 4 is 35.2 Å². The highest BCUT2D eigenvalue weighted by Crippen LogP contribution is 2.29. The predicted octanol–water partition coefficient (Wildman–Crippen LogP) is 5.26. The van der Waals surface area contributed by atoms with Gasteiger partial charge in [-0.2, -0.15) is 5.26 Å². The van der Waals surface area contributed by atoms with Gasteiger partial charge in [0.15, 0.2) is 0 Å². The number of nitrogens with zero attached hydrogens (tertiary/aromatic N) is 2. The van der Waals surface area contributed by atoms with Crippen LogP contribution in [0.1, 0.15) is 30.8 Å². The maximum absolute atomic E-state index is 12.0. The van der Waals surface area contributed by atoms with Gasteiger partial charge in [0.1, 0.15) is 11.6 Å². The summed E-state index contributed by atoms with van der Waals surface area (Å²) in [7, 11) is 0. The third-order valence-electron chi connectivity index (χ3n) is 3.60. The van der Waals surface area contributed by atoms with Crippen molar-refractivity contribution in [2.45, 2.75) is 33.8 Å². The van der Waals surface area contributed by atoms with E-state index in [0.717, 1.165) is 22.6 Å². The number of carbonyl (C=O) groups is 1. The monoisotopic (exact) mass is 376 g/mol. The molecule has 1 aromatic carbocycles. The van der Waals surface area contributed by atoms with E-state index < -0.39 is 5.97 Å². The maximum Gasteiger partial charge on any atom is 0.349 e. The van der Waals surface area contributed by atoms with Crippen molar-refractivity contribution in [2.75, 3.05) is 0 Å². The lowest BCUT2D eigenvalue weighted by molar-refractivity contribution is -0.142. The number of rotatable bonds is 4. The van der Waals surface area contributed by atoms with Crippen molar-refractivity contribution in [2.24, 2.45) is 0 Å². The van der Waals surface area contributed by atoms with Gasteiger partial charge < -0.3 is 9.30 Å². The first-order chi connectivity index (χ1) is 11.7. The lowest BCUT2D eigenvalue weighted by atomic mass is 10.1. The molecular formula is C19H18Cl2N2O2. The van der Waals surface area contributed by atoms with Crippen LogP contribution in [-0.2, 0) is 9.53 Å². The Bertz CT molecular complexity index is 890. The summed E-state index contributed by atoms with van der Waals surface area (Å²) in [4.78, 5) is 12.0. The van der Waals surface area contributed by atoms with Gasteiger partial charge in [0.25, 0.3) is 0 Å². The third kappa shape index (κ3) is 4.25. The number of esters is 1. The standard InChI is InChI=1S/C19H18Cl2N2O2/c1-11(2)25-19(24)15(10-22)8-14-7-12(3)23(13(14)4)18-9-16(20)5-6-17(18)21/h5-9,11H,1-4H3/b15-8+. The first-order valence-electron chi connectivity index (χ1n) is 7.71. The molecule has 4 nitrogen and oxygen atoms in total. The van der Waals surface area contributed by atoms with Gasteiger partial charge in [-0.25, -0.2) is 4.79 Å². The fourth-order valence-electron chi connectivity index (χ4n) is 2.53. The fraction of sp³-hybridized carbons (Fsp3) is 0.263. The second-order valence-corrected chi connectivity index (χ2v) is 6.73. The molecule has 0 atom stereocenters. The molecule has 2 rings (SSSR count). The first-order valence-corrected chi connectivity index (χ1v) is 8.47. The molecule has 0 saturated carbocycles. The Labute approximate surface area is 157 Å². The van der Waals surface area contributed by atoms with Crippen LogP contribution in [0.15, 0.2) is 29.8 Å². The molecule has 0 fully saturated rings. The van der Waals surface area contributed by atoms with E-state index in [1.807, 2.05) is 30.6 Å². The Morgan fingerprint density at radius 1 is 1.28 bits per heavy atom. The van der Waals surface area contributed by atoms with E-state index >= 15 is 0 Å². The summed E-state index contributed by atoms with van der Waals surface area (Å²) < 4.78 is 7.03. The number of benzene rings is 1. The summed E-state index contributed by atoms with van der Waals surface area (Å²) in [6.07, 6.45) is 1.24. The molecule has 0 spiro atoms. The molecule has 6 heteroatoms. The second kappa shape index (κ2) is 7.77. The van der Waals surface area contributed by atoms with E-state index in [4.69, 9.17) is 27.9 Å². The Kier molecular flexibility index (Phi) is 5.94. The van der Waals surface area contributed by atoms with Crippen molar-refractivity contribution in [3.05, 3.63) is 56.8 Å². The molecule has 0 bridgehead atoms. The Morgan fingerprint density at radius 3 is 2.56 bits per heavy atom. The minimum Gasteiger partial charge on any atom is -0.459 e. The summed E-state index contributed by atoms with van der Waals surface area (Å²) in [6.45, 7) is 7.28. The van der Waals surface area contributed by atoms with E-state index in [-0.39, 0.29) is 11.7 Å². The molecule has 25 heavy (non-hydrogen) atoms. The molecule has 0 saturated heterocycles. The smallest absolute Gasteiger partial charge is 0.349 e. The largest absolute Gasteiger partial charge is 0.459 e. The summed E-state index contributed by atoms with van der Waals surface area (Å²) >= 11 is 12.4. The zero-order valence-electron chi connectivity index (χ0n) is 14.4. The van der Waals surface area contributed by atoms with Gasteiger partial charge >= 0.3 is 5.97 Å². The molecule has 2 aromatic rings. The van der Waals surface area contributed by atoms with Crippen LogP contribution in [0, 0.1) is 25.2 Å². The van der Waals surface area contributed by atoms with E-state index in [1.165, 1.54) is 6.08 Å². The van der Waals surface area contributed by atoms with Crippen LogP contribution in [-0.4, -0.2) is 16.6 Å². The van der Waals surface area contributed by atoms with Gasteiger partial charge in [-0.3, -0.25) is 0 Å². The number of aryl methyl sites for hydroxylation is 1. The van der Waals surface area contributed by atoms with E-state index in [1.54, 1.807) is 32.0 Å². The number of hydrogen-bond acceptors (Lipinski definition) is 3. The Balaban J connectivity index is 2.53. The molecule has 0 amide bonds. The van der Waals surface area contributed by atoms with Crippen molar-refractivity contribution in [1.82, 2.24) is 4.57 Å². The highest BCUT2D eigenvalue weighted by atomic mass is 35.5. The molecule has 0 aliphatic rings. The minimum atomic E-state index is -0.636. The number of carbonyl (C=O) groups excluding carboxylic acids is 1. The van der Waals surface area contributed by atoms with Gasteiger partial charge in [0, 0.05) is 16.4 Å². The average molecular weight is 377 g/mol. The zero-order chi connectivity index (χ0) is 18.7. The van der Waals surface area contributed by atoms with E-state index in [2.05, 4.69) is 0 Å². The highest BCUT2D eigenvalue weighted by molar-refractivity contribution is 6.34. The van der Waals surface area contributed by atoms with Crippen LogP contribution in [0.25, 0.3) is 11.8 Å². The lowest BCUT2D eigenvalue weighted by Crippen LogP contribution is -2.12. The summed E-state index contributed by atoms with van der Waals surface area (Å²) in [5, 5.41) is 10.4. The first kappa shape index (κ1) is 19.1. The number of hydrogen-bond donors (Lipinski definition) is 0. The molecule has 130 valence electrons. The molecule has 0 unspecified atom stereocenters. The minimum absolute atomic E-state index is 0.0499. The number of ether oxygens (including phenoxy) is 1. The summed E-state index contributed by atoms with van der Waals surface area (Å²) in [6, 6.07) is 9.01. The molecule has 0 aliphatic heterocycles. The third-order valence-corrected chi connectivity index (χ3v) is 4.16. The molecular weight excluding hydrogens is 359 g/mol. The van der Waals surface area contributed by atoms with Crippen LogP contribution >= 0.6 is 23.2 Å². The van der Waals surface area contributed by atoms with Crippen molar-refractivity contribution in [1.29, 1.82) is 5.26 Å². The van der Waals surface area contributed by atoms with Crippen LogP contribution in [0.2, 0.25) is 10.0 Å². The topological polar surface area (TPSA) is 55.0 Å². The second-order valence-electron chi connectivity index (χ2n) is 5.88. The summed E-state index contributed by atoms with van der Waals surface area (Å²) in [5.41, 5.74) is 3.18. The molecule has 0 N–H and O–H groups in total. The van der Waals surface area contributed by atoms with Crippen molar-refractivity contribution in [3.63, 3.8) is 0 Å². The quantitative estimate of drug-likeness (QED) is 0.415. The van der Waals surface area contributed by atoms with Gasteiger partial charge in [0.2, 0.25) is 0 Å². The Morgan fingerprint density at radius 2 is 1.96 bits per heavy atom. The predicted molar refractivity (Wildman–Crippen MR) is 100 cm³/mol. The highest BCUT2D eigenvalue weighted by Gasteiger charge is 2.16. The van der Waals surface area contributed by atoms with Gasteiger partial charge in [0.05, 0.1) is 16.8 Å². The fourth-order valence-corrected chi connectivity index (χ4v) is 2.90. The number of halogens is 2. The maximum atomic E-state index is 12.0. The molecule has 0 aliphatic carbocycles. The average Bonchev–Trinajstić information content (AvgIpc) is 2.80. The summed E-state index contributed by atoms with van der Waals surface area (Å²) in [5.74, 6) is -0.636. The Hall–Kier alpha value is -2.22. The van der Waals surface area contributed by atoms with Crippen molar-refractivity contribution in [3.8, 4) is 11.8 Å². The van der Waals surface area contributed by atoms with Crippen LogP contribution in [0.4, 0.5) is 0 Å². The lowest BCUT2D eigenvalue weighted by Gasteiger charge is -2.12. The van der Waals surface area contributed by atoms with E-state index in [9.17, 15) is 10.1 Å². The van der Waals surface area contributed by atoms with E-state index in [0.29, 0.717) is 10.0 Å².